The third-order valence-electron chi connectivity index (χ3n) is 4.88. The minimum atomic E-state index is -3.93. The summed E-state index contributed by atoms with van der Waals surface area (Å²) in [7, 11) is -3.93. The fourth-order valence-electron chi connectivity index (χ4n) is 3.43. The largest absolute Gasteiger partial charge is 0.268 e. The zero-order chi connectivity index (χ0) is 24.1. The number of nitrogens with one attached hydrogen (secondary N) is 1. The zero-order valence-corrected chi connectivity index (χ0v) is 19.1. The number of rotatable bonds is 4. The number of hydrogen-bond donors (Lipinski definition) is 1. The summed E-state index contributed by atoms with van der Waals surface area (Å²) < 4.78 is 68.4. The highest BCUT2D eigenvalue weighted by Crippen LogP contribution is 2.36. The predicted molar refractivity (Wildman–Crippen MR) is 120 cm³/mol. The van der Waals surface area contributed by atoms with E-state index in [2.05, 4.69) is 5.10 Å². The third-order valence-corrected chi connectivity index (χ3v) is 6.10. The molecule has 0 radical (unpaired) electrons. The summed E-state index contributed by atoms with van der Waals surface area (Å²) in [5.74, 6) is -2.81. The number of carbonyl (C=O) groups is 1. The average molecular weight is 516 g/mol. The summed E-state index contributed by atoms with van der Waals surface area (Å²) in [4.78, 5) is 12.1. The lowest BCUT2D eigenvalue weighted by Gasteiger charge is -2.13. The molecular weight excluding hydrogens is 502 g/mol. The molecule has 1 N–H and O–H groups in total. The molecule has 3 aromatic rings. The predicted octanol–water partition coefficient (Wildman–Crippen LogP) is 4.89. The molecule has 1 heterocycles. The number of sulfonamides is 1. The molecule has 1 aliphatic carbocycles. The van der Waals surface area contributed by atoms with Gasteiger partial charge in [-0.15, -0.1) is 0 Å². The summed E-state index contributed by atoms with van der Waals surface area (Å²) in [6, 6.07) is 5.65. The van der Waals surface area contributed by atoms with Crippen molar-refractivity contribution in [1.29, 1.82) is 0 Å². The lowest BCUT2D eigenvalue weighted by Crippen LogP contribution is -2.30. The highest BCUT2D eigenvalue weighted by Gasteiger charge is 2.25. The number of amides is 1. The van der Waals surface area contributed by atoms with Gasteiger partial charge in [-0.3, -0.25) is 4.79 Å². The molecule has 1 atom stereocenters. The van der Waals surface area contributed by atoms with Gasteiger partial charge in [-0.05, 0) is 35.9 Å². The molecule has 12 heteroatoms. The van der Waals surface area contributed by atoms with E-state index in [-0.39, 0.29) is 27.9 Å². The van der Waals surface area contributed by atoms with Crippen LogP contribution in [0.5, 0.6) is 0 Å². The minimum absolute atomic E-state index is 0.00899. The number of nitrogens with zero attached hydrogens (tertiary/aromatic N) is 2. The Bertz CT molecular complexity index is 1480. The van der Waals surface area contributed by atoms with Gasteiger partial charge in [0.1, 0.15) is 17.8 Å². The van der Waals surface area contributed by atoms with Crippen LogP contribution in [0.2, 0.25) is 5.02 Å². The molecule has 172 valence electrons. The minimum Gasteiger partial charge on any atom is -0.268 e. The van der Waals surface area contributed by atoms with Crippen molar-refractivity contribution in [2.75, 3.05) is 6.26 Å². The van der Waals surface area contributed by atoms with Crippen LogP contribution >= 0.6 is 23.2 Å². The van der Waals surface area contributed by atoms with Crippen LogP contribution in [-0.2, 0) is 10.0 Å². The lowest BCUT2D eigenvalue weighted by atomic mass is 9.98. The van der Waals surface area contributed by atoms with Gasteiger partial charge in [-0.25, -0.2) is 31.0 Å². The molecule has 0 saturated heterocycles. The molecule has 1 aliphatic rings. The van der Waals surface area contributed by atoms with Gasteiger partial charge in [0, 0.05) is 17.9 Å². The Morgan fingerprint density at radius 1 is 1.18 bits per heavy atom. The normalized spacial score (nSPS) is 16.5. The molecule has 33 heavy (non-hydrogen) atoms. The summed E-state index contributed by atoms with van der Waals surface area (Å²) in [6.45, 7) is 0. The first-order valence-corrected chi connectivity index (χ1v) is 12.0. The van der Waals surface area contributed by atoms with E-state index in [4.69, 9.17) is 23.2 Å². The maximum absolute atomic E-state index is 14.8. The van der Waals surface area contributed by atoms with Crippen LogP contribution in [0, 0.1) is 11.6 Å². The summed E-state index contributed by atoms with van der Waals surface area (Å²) in [5.41, 5.74) is 0.463. The third kappa shape index (κ3) is 4.64. The molecule has 0 spiro atoms. The van der Waals surface area contributed by atoms with E-state index >= 15 is 0 Å². The number of alkyl halides is 1. The number of carbonyl (C=O) groups excluding carboxylic acids is 1. The molecule has 1 amide bonds. The first-order valence-electron chi connectivity index (χ1n) is 9.35. The van der Waals surface area contributed by atoms with Crippen molar-refractivity contribution in [3.63, 3.8) is 0 Å². The van der Waals surface area contributed by atoms with Crippen LogP contribution in [0.15, 0.2) is 47.5 Å². The number of allylic oxidation sites excluding steroid dienone is 4. The number of aromatic nitrogens is 2. The first-order chi connectivity index (χ1) is 15.4. The van der Waals surface area contributed by atoms with E-state index in [9.17, 15) is 26.4 Å². The number of halogens is 5. The Hall–Kier alpha value is -2.82. The van der Waals surface area contributed by atoms with Gasteiger partial charge in [0.15, 0.2) is 0 Å². The molecule has 6 nitrogen and oxygen atoms in total. The van der Waals surface area contributed by atoms with Gasteiger partial charge >= 0.3 is 0 Å². The van der Waals surface area contributed by atoms with E-state index in [0.29, 0.717) is 16.5 Å². The molecule has 0 fully saturated rings. The molecule has 0 bridgehead atoms. The van der Waals surface area contributed by atoms with Crippen molar-refractivity contribution in [3.8, 4) is 5.69 Å². The standard InChI is InChI=1S/C21H14Cl2F3N3O3S/c1-33(31,32)28-21(30)12-8-15(23)19(9-16(12)25)29-18-5-3-11(24)7-13(18)20(27-29)10-2-4-14(22)17(26)6-10/h2-5,7-9,17H,6H2,1H3,(H,28,30). The van der Waals surface area contributed by atoms with E-state index in [1.807, 2.05) is 0 Å². The van der Waals surface area contributed by atoms with Crippen molar-refractivity contribution in [2.24, 2.45) is 0 Å². The first kappa shape index (κ1) is 23.3. The van der Waals surface area contributed by atoms with E-state index in [0.717, 1.165) is 18.4 Å². The van der Waals surface area contributed by atoms with Crippen LogP contribution in [-0.4, -0.2) is 36.5 Å². The maximum atomic E-state index is 14.8. The Morgan fingerprint density at radius 3 is 2.58 bits per heavy atom. The van der Waals surface area contributed by atoms with Crippen molar-refractivity contribution >= 4 is 55.6 Å². The second kappa shape index (κ2) is 8.51. The van der Waals surface area contributed by atoms with Crippen molar-refractivity contribution in [2.45, 2.75) is 12.6 Å². The van der Waals surface area contributed by atoms with Crippen LogP contribution in [0.1, 0.15) is 22.5 Å². The van der Waals surface area contributed by atoms with Crippen molar-refractivity contribution in [1.82, 2.24) is 14.5 Å². The molecule has 4 rings (SSSR count). The van der Waals surface area contributed by atoms with Gasteiger partial charge in [0.25, 0.3) is 5.91 Å². The molecular formula is C21H14Cl2F3N3O3S. The van der Waals surface area contributed by atoms with E-state index < -0.39 is 39.3 Å². The molecule has 2 aromatic carbocycles. The summed E-state index contributed by atoms with van der Waals surface area (Å²) in [5, 5.41) is 4.65. The fourth-order valence-corrected chi connectivity index (χ4v) is 4.26. The molecule has 0 aliphatic heterocycles. The fraction of sp³-hybridized carbons (Fsp3) is 0.143. The van der Waals surface area contributed by atoms with Crippen molar-refractivity contribution < 1.29 is 26.4 Å². The highest BCUT2D eigenvalue weighted by atomic mass is 35.5. The van der Waals surface area contributed by atoms with Crippen LogP contribution < -0.4 is 4.72 Å². The Labute approximate surface area is 196 Å². The Kier molecular flexibility index (Phi) is 6.02. The van der Waals surface area contributed by atoms with Gasteiger partial charge in [-0.2, -0.15) is 5.10 Å². The van der Waals surface area contributed by atoms with Crippen LogP contribution in [0.25, 0.3) is 22.2 Å². The summed E-state index contributed by atoms with van der Waals surface area (Å²) in [6.07, 6.45) is 2.16. The average Bonchev–Trinajstić information content (AvgIpc) is 3.08. The topological polar surface area (TPSA) is 81.1 Å². The quantitative estimate of drug-likeness (QED) is 0.536. The Balaban J connectivity index is 1.88. The van der Waals surface area contributed by atoms with Crippen molar-refractivity contribution in [3.05, 3.63) is 75.4 Å². The zero-order valence-electron chi connectivity index (χ0n) is 16.7. The number of hydrogen-bond acceptors (Lipinski definition) is 4. The number of fused-ring (bicyclic) bond motifs is 1. The SMILES string of the molecule is CS(=O)(=O)NC(=O)c1cc(Cl)c(-n2nc(C3=CC=C(Cl)C(F)C3)c3cc(F)ccc32)cc1F. The van der Waals surface area contributed by atoms with Gasteiger partial charge in [0.05, 0.1) is 38.8 Å². The van der Waals surface area contributed by atoms with Gasteiger partial charge < -0.3 is 0 Å². The van der Waals surface area contributed by atoms with E-state index in [1.165, 1.54) is 29.0 Å². The Morgan fingerprint density at radius 2 is 1.91 bits per heavy atom. The second-order valence-electron chi connectivity index (χ2n) is 7.32. The molecule has 0 saturated carbocycles. The van der Waals surface area contributed by atoms with Crippen LogP contribution in [0.4, 0.5) is 13.2 Å². The van der Waals surface area contributed by atoms with Crippen LogP contribution in [0.3, 0.4) is 0 Å². The molecule has 1 unspecified atom stereocenters. The molecule has 1 aromatic heterocycles. The number of benzene rings is 2. The summed E-state index contributed by atoms with van der Waals surface area (Å²) >= 11 is 12.1. The van der Waals surface area contributed by atoms with Gasteiger partial charge in [0.2, 0.25) is 10.0 Å². The second-order valence-corrected chi connectivity index (χ2v) is 9.92. The highest BCUT2D eigenvalue weighted by molar-refractivity contribution is 7.89. The van der Waals surface area contributed by atoms with E-state index in [1.54, 1.807) is 10.8 Å². The maximum Gasteiger partial charge on any atom is 0.267 e. The monoisotopic (exact) mass is 515 g/mol. The van der Waals surface area contributed by atoms with Gasteiger partial charge in [-0.1, -0.05) is 29.3 Å². The smallest absolute Gasteiger partial charge is 0.267 e. The lowest BCUT2D eigenvalue weighted by molar-refractivity contribution is 0.0978.